The lowest BCUT2D eigenvalue weighted by Gasteiger charge is -2.31. The number of hydrogen-bond donors (Lipinski definition) is 0. The molecule has 1 aromatic carbocycles. The lowest BCUT2D eigenvalue weighted by Crippen LogP contribution is -2.43. The van der Waals surface area contributed by atoms with Crippen LogP contribution in [0.25, 0.3) is 0 Å². The van der Waals surface area contributed by atoms with Gasteiger partial charge in [-0.25, -0.2) is 8.42 Å². The van der Waals surface area contributed by atoms with Gasteiger partial charge in [-0.3, -0.25) is 0 Å². The molecule has 0 spiro atoms. The van der Waals surface area contributed by atoms with Gasteiger partial charge in [0.1, 0.15) is 0 Å². The first-order valence-corrected chi connectivity index (χ1v) is 8.95. The van der Waals surface area contributed by atoms with Crippen molar-refractivity contribution in [2.75, 3.05) is 0 Å². The smallest absolute Gasteiger partial charge is 0.207 e. The molecule has 0 atom stereocenters. The number of halogens is 1. The van der Waals surface area contributed by atoms with E-state index in [4.69, 9.17) is 11.6 Å². The average Bonchev–Trinajstić information content (AvgIpc) is 2.85. The number of sulfonamides is 1. The number of aryl methyl sites for hydroxylation is 1. The first-order valence-electron chi connectivity index (χ1n) is 7.13. The molecular weight excluding hydrogens is 294 g/mol. The molecule has 1 saturated carbocycles. The van der Waals surface area contributed by atoms with Crippen LogP contribution in [0.15, 0.2) is 23.1 Å². The Bertz CT molecular complexity index is 578. The molecule has 0 amide bonds. The fourth-order valence-electron chi connectivity index (χ4n) is 2.91. The van der Waals surface area contributed by atoms with Crippen LogP contribution in [0.5, 0.6) is 0 Å². The lowest BCUT2D eigenvalue weighted by molar-refractivity contribution is 0.275. The van der Waals surface area contributed by atoms with Crippen LogP contribution in [-0.4, -0.2) is 24.8 Å². The van der Waals surface area contributed by atoms with Crippen molar-refractivity contribution in [1.82, 2.24) is 4.31 Å². The van der Waals surface area contributed by atoms with Gasteiger partial charge >= 0.3 is 0 Å². The second-order valence-corrected chi connectivity index (χ2v) is 8.03. The predicted octanol–water partition coefficient (Wildman–Crippen LogP) is 3.99. The van der Waals surface area contributed by atoms with Gasteiger partial charge in [0.2, 0.25) is 10.0 Å². The van der Waals surface area contributed by atoms with E-state index in [9.17, 15) is 8.42 Å². The van der Waals surface area contributed by atoms with E-state index in [1.54, 1.807) is 22.5 Å². The lowest BCUT2D eigenvalue weighted by atomic mass is 10.2. The van der Waals surface area contributed by atoms with Crippen LogP contribution in [0.3, 0.4) is 0 Å². The average molecular weight is 316 g/mol. The van der Waals surface area contributed by atoms with Crippen LogP contribution in [-0.2, 0) is 10.0 Å². The molecule has 0 aliphatic heterocycles. The summed E-state index contributed by atoms with van der Waals surface area (Å²) in [5, 5.41) is 0.501. The highest BCUT2D eigenvalue weighted by atomic mass is 35.5. The van der Waals surface area contributed by atoms with Crippen molar-refractivity contribution in [3.63, 3.8) is 0 Å². The van der Waals surface area contributed by atoms with Gasteiger partial charge in [-0.15, -0.1) is 0 Å². The Labute approximate surface area is 127 Å². The van der Waals surface area contributed by atoms with Gasteiger partial charge in [0.25, 0.3) is 0 Å². The Morgan fingerprint density at radius 2 is 1.85 bits per heavy atom. The minimum Gasteiger partial charge on any atom is -0.207 e. The van der Waals surface area contributed by atoms with E-state index in [2.05, 4.69) is 0 Å². The minimum absolute atomic E-state index is 0.0387. The molecule has 0 saturated heterocycles. The zero-order valence-electron chi connectivity index (χ0n) is 12.3. The maximum absolute atomic E-state index is 12.9. The number of hydrogen-bond acceptors (Lipinski definition) is 2. The van der Waals surface area contributed by atoms with E-state index < -0.39 is 10.0 Å². The van der Waals surface area contributed by atoms with Crippen molar-refractivity contribution in [1.29, 1.82) is 0 Å². The van der Waals surface area contributed by atoms with Crippen molar-refractivity contribution in [2.45, 2.75) is 63.4 Å². The largest absolute Gasteiger partial charge is 0.243 e. The molecule has 0 unspecified atom stereocenters. The minimum atomic E-state index is -3.47. The Morgan fingerprint density at radius 1 is 1.25 bits per heavy atom. The van der Waals surface area contributed by atoms with Gasteiger partial charge in [-0.2, -0.15) is 4.31 Å². The molecule has 5 heteroatoms. The maximum Gasteiger partial charge on any atom is 0.243 e. The molecule has 1 aliphatic rings. The van der Waals surface area contributed by atoms with Crippen LogP contribution in [0.2, 0.25) is 5.02 Å². The summed E-state index contributed by atoms with van der Waals surface area (Å²) >= 11 is 6.08. The number of rotatable bonds is 4. The monoisotopic (exact) mass is 315 g/mol. The molecule has 1 fully saturated rings. The van der Waals surface area contributed by atoms with E-state index in [0.29, 0.717) is 9.92 Å². The maximum atomic E-state index is 12.9. The van der Waals surface area contributed by atoms with Crippen LogP contribution < -0.4 is 0 Å². The SMILES string of the molecule is Cc1ccc(S(=O)(=O)N(C(C)C)C2CCCC2)cc1Cl. The van der Waals surface area contributed by atoms with Crippen LogP contribution in [0.1, 0.15) is 45.1 Å². The van der Waals surface area contributed by atoms with Gasteiger partial charge in [0.05, 0.1) is 4.90 Å². The highest BCUT2D eigenvalue weighted by molar-refractivity contribution is 7.89. The Morgan fingerprint density at radius 3 is 2.35 bits per heavy atom. The van der Waals surface area contributed by atoms with E-state index in [0.717, 1.165) is 31.2 Å². The van der Waals surface area contributed by atoms with E-state index in [-0.39, 0.29) is 12.1 Å². The Kier molecular flexibility index (Phi) is 4.77. The van der Waals surface area contributed by atoms with E-state index >= 15 is 0 Å². The summed E-state index contributed by atoms with van der Waals surface area (Å²) < 4.78 is 27.5. The molecule has 1 aromatic rings. The van der Waals surface area contributed by atoms with Gasteiger partial charge in [0.15, 0.2) is 0 Å². The van der Waals surface area contributed by atoms with Crippen LogP contribution in [0.4, 0.5) is 0 Å². The highest BCUT2D eigenvalue weighted by Crippen LogP contribution is 2.31. The number of nitrogens with zero attached hydrogens (tertiary/aromatic N) is 1. The molecule has 0 radical (unpaired) electrons. The van der Waals surface area contributed by atoms with Crippen LogP contribution in [0, 0.1) is 6.92 Å². The first-order chi connectivity index (χ1) is 9.34. The summed E-state index contributed by atoms with van der Waals surface area (Å²) in [6.45, 7) is 5.74. The van der Waals surface area contributed by atoms with Crippen molar-refractivity contribution in [3.05, 3.63) is 28.8 Å². The summed E-state index contributed by atoms with van der Waals surface area (Å²) in [5.41, 5.74) is 0.891. The molecule has 0 bridgehead atoms. The summed E-state index contributed by atoms with van der Waals surface area (Å²) in [6, 6.07) is 5.07. The topological polar surface area (TPSA) is 37.4 Å². The molecule has 2 rings (SSSR count). The van der Waals surface area contributed by atoms with Gasteiger partial charge in [0, 0.05) is 17.1 Å². The fourth-order valence-corrected chi connectivity index (χ4v) is 5.06. The van der Waals surface area contributed by atoms with Crippen molar-refractivity contribution in [2.24, 2.45) is 0 Å². The molecule has 3 nitrogen and oxygen atoms in total. The predicted molar refractivity (Wildman–Crippen MR) is 82.6 cm³/mol. The normalized spacial score (nSPS) is 17.3. The van der Waals surface area contributed by atoms with E-state index in [1.807, 2.05) is 20.8 Å². The summed E-state index contributed by atoms with van der Waals surface area (Å²) in [6.07, 6.45) is 4.13. The summed E-state index contributed by atoms with van der Waals surface area (Å²) in [4.78, 5) is 0.300. The molecule has 0 aromatic heterocycles. The zero-order chi connectivity index (χ0) is 14.9. The Hall–Kier alpha value is -0.580. The zero-order valence-corrected chi connectivity index (χ0v) is 13.8. The fraction of sp³-hybridized carbons (Fsp3) is 0.600. The standard InChI is InChI=1S/C15H22ClNO2S/c1-11(2)17(13-6-4-5-7-13)20(18,19)14-9-8-12(3)15(16)10-14/h8-11,13H,4-7H2,1-3H3. The van der Waals surface area contributed by atoms with Crippen LogP contribution >= 0.6 is 11.6 Å². The second kappa shape index (κ2) is 6.04. The van der Waals surface area contributed by atoms with Crippen molar-refractivity contribution in [3.8, 4) is 0 Å². The molecule has 112 valence electrons. The summed E-state index contributed by atoms with van der Waals surface area (Å²) in [7, 11) is -3.47. The first kappa shape index (κ1) is 15.8. The van der Waals surface area contributed by atoms with Gasteiger partial charge in [-0.1, -0.05) is 30.5 Å². The van der Waals surface area contributed by atoms with Crippen molar-refractivity contribution >= 4 is 21.6 Å². The second-order valence-electron chi connectivity index (χ2n) is 5.78. The van der Waals surface area contributed by atoms with Gasteiger partial charge in [-0.05, 0) is 51.3 Å². The number of benzene rings is 1. The van der Waals surface area contributed by atoms with Gasteiger partial charge < -0.3 is 0 Å². The summed E-state index contributed by atoms with van der Waals surface area (Å²) in [5.74, 6) is 0. The third-order valence-corrected chi connectivity index (χ3v) is 6.44. The van der Waals surface area contributed by atoms with Crippen molar-refractivity contribution < 1.29 is 8.42 Å². The highest BCUT2D eigenvalue weighted by Gasteiger charge is 2.35. The molecule has 20 heavy (non-hydrogen) atoms. The molecule has 0 heterocycles. The van der Waals surface area contributed by atoms with E-state index in [1.165, 1.54) is 0 Å². The molecular formula is C15H22ClNO2S. The molecule has 0 N–H and O–H groups in total. The molecule has 1 aliphatic carbocycles. The Balaban J connectivity index is 2.41. The quantitative estimate of drug-likeness (QED) is 0.842. The third-order valence-electron chi connectivity index (χ3n) is 3.91. The third kappa shape index (κ3) is 3.02.